The van der Waals surface area contributed by atoms with Gasteiger partial charge >= 0.3 is 0 Å². The third-order valence-electron chi connectivity index (χ3n) is 4.41. The van der Waals surface area contributed by atoms with E-state index in [1.54, 1.807) is 0 Å². The third-order valence-corrected chi connectivity index (χ3v) is 4.41. The van der Waals surface area contributed by atoms with E-state index < -0.39 is 5.41 Å². The summed E-state index contributed by atoms with van der Waals surface area (Å²) >= 11 is 0. The summed E-state index contributed by atoms with van der Waals surface area (Å²) in [6.07, 6.45) is 1.20. The molecule has 0 aliphatic carbocycles. The van der Waals surface area contributed by atoms with Crippen LogP contribution < -0.4 is 10.6 Å². The summed E-state index contributed by atoms with van der Waals surface area (Å²) in [6.45, 7) is 9.38. The molecule has 2 N–H and O–H groups in total. The SMILES string of the molecule is CC1(C)C(=O)Nc2ccc(CN3CCCNCC3)cc21. The Labute approximate surface area is 120 Å². The largest absolute Gasteiger partial charge is 0.325 e. The molecule has 0 spiro atoms. The molecular weight excluding hydrogens is 250 g/mol. The Morgan fingerprint density at radius 3 is 2.95 bits per heavy atom. The van der Waals surface area contributed by atoms with Crippen LogP contribution in [0.5, 0.6) is 0 Å². The first-order chi connectivity index (χ1) is 9.57. The molecule has 0 unspecified atom stereocenters. The molecule has 1 aromatic rings. The molecule has 4 nitrogen and oxygen atoms in total. The van der Waals surface area contributed by atoms with Gasteiger partial charge in [0, 0.05) is 25.3 Å². The summed E-state index contributed by atoms with van der Waals surface area (Å²) in [5, 5.41) is 6.39. The number of anilines is 1. The molecule has 108 valence electrons. The zero-order chi connectivity index (χ0) is 14.2. The van der Waals surface area contributed by atoms with Crippen LogP contribution in [0.15, 0.2) is 18.2 Å². The van der Waals surface area contributed by atoms with Crippen LogP contribution in [0.25, 0.3) is 0 Å². The van der Waals surface area contributed by atoms with Crippen molar-refractivity contribution in [2.24, 2.45) is 0 Å². The average molecular weight is 273 g/mol. The van der Waals surface area contributed by atoms with E-state index in [-0.39, 0.29) is 5.91 Å². The van der Waals surface area contributed by atoms with Gasteiger partial charge in [0.2, 0.25) is 5.91 Å². The minimum atomic E-state index is -0.411. The Hall–Kier alpha value is -1.39. The van der Waals surface area contributed by atoms with Gasteiger partial charge in [0.1, 0.15) is 0 Å². The summed E-state index contributed by atoms with van der Waals surface area (Å²) in [7, 11) is 0. The second kappa shape index (κ2) is 5.19. The summed E-state index contributed by atoms with van der Waals surface area (Å²) in [5.41, 5.74) is 3.00. The molecule has 1 saturated heterocycles. The second-order valence-electron chi connectivity index (χ2n) is 6.34. The number of carbonyl (C=O) groups excluding carboxylic acids is 1. The molecule has 20 heavy (non-hydrogen) atoms. The summed E-state index contributed by atoms with van der Waals surface area (Å²) in [4.78, 5) is 14.5. The van der Waals surface area contributed by atoms with Crippen LogP contribution in [0, 0.1) is 0 Å². The fourth-order valence-corrected chi connectivity index (χ4v) is 3.03. The zero-order valence-corrected chi connectivity index (χ0v) is 12.3. The van der Waals surface area contributed by atoms with Gasteiger partial charge in [-0.05, 0) is 50.6 Å². The number of fused-ring (bicyclic) bond motifs is 1. The Morgan fingerprint density at radius 1 is 1.25 bits per heavy atom. The average Bonchev–Trinajstić information content (AvgIpc) is 2.63. The zero-order valence-electron chi connectivity index (χ0n) is 12.3. The maximum atomic E-state index is 12.0. The summed E-state index contributed by atoms with van der Waals surface area (Å²) in [6, 6.07) is 6.39. The minimum Gasteiger partial charge on any atom is -0.325 e. The van der Waals surface area contributed by atoms with E-state index >= 15 is 0 Å². The number of nitrogens with one attached hydrogen (secondary N) is 2. The Morgan fingerprint density at radius 2 is 2.10 bits per heavy atom. The van der Waals surface area contributed by atoms with Gasteiger partial charge in [-0.15, -0.1) is 0 Å². The van der Waals surface area contributed by atoms with Crippen molar-refractivity contribution < 1.29 is 4.79 Å². The number of hydrogen-bond acceptors (Lipinski definition) is 3. The van der Waals surface area contributed by atoms with Gasteiger partial charge in [0.25, 0.3) is 0 Å². The second-order valence-corrected chi connectivity index (χ2v) is 6.34. The van der Waals surface area contributed by atoms with Crippen molar-refractivity contribution in [2.75, 3.05) is 31.5 Å². The van der Waals surface area contributed by atoms with Crippen molar-refractivity contribution in [1.29, 1.82) is 0 Å². The number of rotatable bonds is 2. The molecule has 0 aromatic heterocycles. The molecule has 2 heterocycles. The quantitative estimate of drug-likeness (QED) is 0.862. The van der Waals surface area contributed by atoms with E-state index in [9.17, 15) is 4.79 Å². The highest BCUT2D eigenvalue weighted by Gasteiger charge is 2.38. The molecule has 2 aliphatic heterocycles. The van der Waals surface area contributed by atoms with Crippen LogP contribution >= 0.6 is 0 Å². The van der Waals surface area contributed by atoms with Crippen molar-refractivity contribution in [3.05, 3.63) is 29.3 Å². The lowest BCUT2D eigenvalue weighted by molar-refractivity contribution is -0.119. The Bertz CT molecular complexity index is 516. The Balaban J connectivity index is 1.79. The number of benzene rings is 1. The van der Waals surface area contributed by atoms with E-state index in [2.05, 4.69) is 27.7 Å². The normalized spacial score (nSPS) is 22.2. The van der Waals surface area contributed by atoms with E-state index in [1.165, 1.54) is 12.0 Å². The van der Waals surface area contributed by atoms with E-state index in [0.29, 0.717) is 0 Å². The number of hydrogen-bond donors (Lipinski definition) is 2. The number of amides is 1. The van der Waals surface area contributed by atoms with Crippen molar-refractivity contribution in [3.63, 3.8) is 0 Å². The topological polar surface area (TPSA) is 44.4 Å². The minimum absolute atomic E-state index is 0.101. The first-order valence-electron chi connectivity index (χ1n) is 7.45. The highest BCUT2D eigenvalue weighted by molar-refractivity contribution is 6.05. The van der Waals surface area contributed by atoms with Crippen LogP contribution in [0.3, 0.4) is 0 Å². The van der Waals surface area contributed by atoms with E-state index in [0.717, 1.165) is 44.0 Å². The predicted molar refractivity (Wildman–Crippen MR) is 80.9 cm³/mol. The fraction of sp³-hybridized carbons (Fsp3) is 0.562. The smallest absolute Gasteiger partial charge is 0.234 e. The number of nitrogens with zero attached hydrogens (tertiary/aromatic N) is 1. The molecule has 1 fully saturated rings. The molecule has 0 atom stereocenters. The van der Waals surface area contributed by atoms with Crippen LogP contribution in [-0.2, 0) is 16.8 Å². The molecule has 0 saturated carbocycles. The summed E-state index contributed by atoms with van der Waals surface area (Å²) in [5.74, 6) is 0.101. The van der Waals surface area contributed by atoms with E-state index in [1.807, 2.05) is 19.9 Å². The monoisotopic (exact) mass is 273 g/mol. The molecule has 4 heteroatoms. The first-order valence-corrected chi connectivity index (χ1v) is 7.45. The first kappa shape index (κ1) is 13.6. The third kappa shape index (κ3) is 2.45. The highest BCUT2D eigenvalue weighted by atomic mass is 16.2. The van der Waals surface area contributed by atoms with Gasteiger partial charge in [-0.25, -0.2) is 0 Å². The van der Waals surface area contributed by atoms with E-state index in [4.69, 9.17) is 0 Å². The summed E-state index contributed by atoms with van der Waals surface area (Å²) < 4.78 is 0. The highest BCUT2D eigenvalue weighted by Crippen LogP contribution is 2.37. The fourth-order valence-electron chi connectivity index (χ4n) is 3.03. The van der Waals surface area contributed by atoms with Crippen LogP contribution in [0.2, 0.25) is 0 Å². The van der Waals surface area contributed by atoms with Crippen molar-refractivity contribution in [3.8, 4) is 0 Å². The van der Waals surface area contributed by atoms with Gasteiger partial charge in [-0.3, -0.25) is 9.69 Å². The molecule has 1 aromatic carbocycles. The van der Waals surface area contributed by atoms with Crippen LogP contribution in [0.1, 0.15) is 31.4 Å². The lowest BCUT2D eigenvalue weighted by Gasteiger charge is -2.21. The lowest BCUT2D eigenvalue weighted by Crippen LogP contribution is -2.28. The van der Waals surface area contributed by atoms with Gasteiger partial charge in [-0.1, -0.05) is 12.1 Å². The molecule has 1 amide bonds. The van der Waals surface area contributed by atoms with Crippen LogP contribution in [0.4, 0.5) is 5.69 Å². The molecule has 3 rings (SSSR count). The van der Waals surface area contributed by atoms with Gasteiger partial charge in [0.05, 0.1) is 5.41 Å². The molecule has 0 radical (unpaired) electrons. The maximum absolute atomic E-state index is 12.0. The molecular formula is C16H23N3O. The van der Waals surface area contributed by atoms with Gasteiger partial charge in [-0.2, -0.15) is 0 Å². The lowest BCUT2D eigenvalue weighted by atomic mass is 9.85. The van der Waals surface area contributed by atoms with Crippen LogP contribution in [-0.4, -0.2) is 37.0 Å². The van der Waals surface area contributed by atoms with Gasteiger partial charge < -0.3 is 10.6 Å². The standard InChI is InChI=1S/C16H23N3O/c1-16(2)13-10-12(4-5-14(13)18-15(16)20)11-19-8-3-6-17-7-9-19/h4-5,10,17H,3,6-9,11H2,1-2H3,(H,18,20). The van der Waals surface area contributed by atoms with Crippen molar-refractivity contribution >= 4 is 11.6 Å². The predicted octanol–water partition coefficient (Wildman–Crippen LogP) is 1.71. The maximum Gasteiger partial charge on any atom is 0.234 e. The van der Waals surface area contributed by atoms with Gasteiger partial charge in [0.15, 0.2) is 0 Å². The Kier molecular flexibility index (Phi) is 3.52. The van der Waals surface area contributed by atoms with Crippen molar-refractivity contribution in [1.82, 2.24) is 10.2 Å². The number of carbonyl (C=O) groups is 1. The molecule has 2 aliphatic rings. The van der Waals surface area contributed by atoms with Crippen molar-refractivity contribution in [2.45, 2.75) is 32.2 Å². The molecule has 0 bridgehead atoms.